The summed E-state index contributed by atoms with van der Waals surface area (Å²) in [5.74, 6) is 9.19. The molecule has 1 heterocycles. The molecule has 3 nitrogen and oxygen atoms in total. The second-order valence-electron chi connectivity index (χ2n) is 5.10. The van der Waals surface area contributed by atoms with E-state index in [1.807, 2.05) is 6.07 Å². The Hall–Kier alpha value is 0.120. The van der Waals surface area contributed by atoms with Gasteiger partial charge in [-0.3, -0.25) is 11.3 Å². The Morgan fingerprint density at radius 1 is 1.43 bits per heavy atom. The fraction of sp³-hybridized carbons (Fsp3) is 0.600. The quantitative estimate of drug-likeness (QED) is 0.575. The summed E-state index contributed by atoms with van der Waals surface area (Å²) in [7, 11) is 1.69. The molecule has 3 unspecified atom stereocenters. The van der Waals surface area contributed by atoms with Crippen LogP contribution < -0.4 is 16.0 Å². The highest BCUT2D eigenvalue weighted by Crippen LogP contribution is 2.36. The van der Waals surface area contributed by atoms with E-state index in [0.29, 0.717) is 16.5 Å². The van der Waals surface area contributed by atoms with Crippen LogP contribution >= 0.6 is 39.5 Å². The van der Waals surface area contributed by atoms with Crippen molar-refractivity contribution in [2.75, 3.05) is 18.6 Å². The number of hydrogen-bond donors (Lipinski definition) is 2. The molecule has 2 rings (SSSR count). The molecule has 0 bridgehead atoms. The summed E-state index contributed by atoms with van der Waals surface area (Å²) in [5.41, 5.74) is 4.33. The molecular formula is C15H23BrN2OS2. The number of halogens is 1. The lowest BCUT2D eigenvalue weighted by molar-refractivity contribution is 0.411. The first-order valence-electron chi connectivity index (χ1n) is 7.21. The van der Waals surface area contributed by atoms with Crippen LogP contribution in [0.4, 0.5) is 0 Å². The number of thioether (sulfide) groups is 2. The molecule has 6 heteroatoms. The maximum absolute atomic E-state index is 5.85. The third-order valence-corrected chi connectivity index (χ3v) is 7.80. The SMILES string of the molecule is CCC1SCCSC1C(Cc1ccc(OC)c(Br)c1)NN. The van der Waals surface area contributed by atoms with E-state index in [9.17, 15) is 0 Å². The first-order chi connectivity index (χ1) is 10.2. The molecular weight excluding hydrogens is 368 g/mol. The Morgan fingerprint density at radius 2 is 2.19 bits per heavy atom. The third-order valence-electron chi connectivity index (χ3n) is 3.78. The highest BCUT2D eigenvalue weighted by molar-refractivity contribution is 9.10. The summed E-state index contributed by atoms with van der Waals surface area (Å²) in [6.07, 6.45) is 2.14. The van der Waals surface area contributed by atoms with Crippen molar-refractivity contribution in [3.05, 3.63) is 28.2 Å². The first-order valence-corrected chi connectivity index (χ1v) is 10.1. The number of benzene rings is 1. The molecule has 0 radical (unpaired) electrons. The minimum Gasteiger partial charge on any atom is -0.496 e. The van der Waals surface area contributed by atoms with Crippen LogP contribution in [0.15, 0.2) is 22.7 Å². The van der Waals surface area contributed by atoms with Crippen LogP contribution in [0.5, 0.6) is 5.75 Å². The van der Waals surface area contributed by atoms with Crippen molar-refractivity contribution in [2.24, 2.45) is 5.84 Å². The summed E-state index contributed by atoms with van der Waals surface area (Å²) >= 11 is 7.70. The van der Waals surface area contributed by atoms with E-state index in [4.69, 9.17) is 10.6 Å². The predicted octanol–water partition coefficient (Wildman–Crippen LogP) is 3.46. The van der Waals surface area contributed by atoms with Gasteiger partial charge in [0, 0.05) is 28.0 Å². The number of ether oxygens (including phenoxy) is 1. The first kappa shape index (κ1) is 17.5. The van der Waals surface area contributed by atoms with Crippen LogP contribution in [0.25, 0.3) is 0 Å². The van der Waals surface area contributed by atoms with E-state index in [1.165, 1.54) is 23.5 Å². The number of nitrogens with one attached hydrogen (secondary N) is 1. The molecule has 1 aliphatic rings. The van der Waals surface area contributed by atoms with Crippen molar-refractivity contribution in [3.63, 3.8) is 0 Å². The molecule has 0 aliphatic carbocycles. The second kappa shape index (κ2) is 8.67. The van der Waals surface area contributed by atoms with E-state index in [2.05, 4.69) is 63.9 Å². The number of hydrogen-bond acceptors (Lipinski definition) is 5. The van der Waals surface area contributed by atoms with E-state index in [1.54, 1.807) is 7.11 Å². The Kier molecular flexibility index (Phi) is 7.22. The Morgan fingerprint density at radius 3 is 2.81 bits per heavy atom. The third kappa shape index (κ3) is 4.55. The Bertz CT molecular complexity index is 461. The minimum absolute atomic E-state index is 0.299. The molecule has 0 spiro atoms. The van der Waals surface area contributed by atoms with Crippen LogP contribution in [0, 0.1) is 0 Å². The van der Waals surface area contributed by atoms with Crippen molar-refractivity contribution in [3.8, 4) is 5.75 Å². The van der Waals surface area contributed by atoms with E-state index >= 15 is 0 Å². The zero-order valence-corrected chi connectivity index (χ0v) is 15.7. The molecule has 118 valence electrons. The van der Waals surface area contributed by atoms with Gasteiger partial charge in [-0.1, -0.05) is 13.0 Å². The highest BCUT2D eigenvalue weighted by Gasteiger charge is 2.31. The highest BCUT2D eigenvalue weighted by atomic mass is 79.9. The van der Waals surface area contributed by atoms with Gasteiger partial charge in [-0.15, -0.1) is 0 Å². The standard InChI is InChI=1S/C15H23BrN2OS2/c1-3-14-15(21-7-6-20-14)12(18-17)9-10-4-5-13(19-2)11(16)8-10/h4-5,8,12,14-15,18H,3,6-7,9,17H2,1-2H3. The largest absolute Gasteiger partial charge is 0.496 e. The van der Waals surface area contributed by atoms with E-state index in [0.717, 1.165) is 16.6 Å². The Labute approximate surface area is 144 Å². The normalized spacial score (nSPS) is 23.8. The van der Waals surface area contributed by atoms with Crippen molar-refractivity contribution >= 4 is 39.5 Å². The molecule has 0 amide bonds. The van der Waals surface area contributed by atoms with Crippen LogP contribution in [0.1, 0.15) is 18.9 Å². The fourth-order valence-electron chi connectivity index (χ4n) is 2.67. The molecule has 1 fully saturated rings. The maximum Gasteiger partial charge on any atom is 0.133 e. The van der Waals surface area contributed by atoms with E-state index < -0.39 is 0 Å². The molecule has 1 aliphatic heterocycles. The van der Waals surface area contributed by atoms with Gasteiger partial charge in [-0.2, -0.15) is 23.5 Å². The van der Waals surface area contributed by atoms with Crippen molar-refractivity contribution in [1.82, 2.24) is 5.43 Å². The smallest absolute Gasteiger partial charge is 0.133 e. The molecule has 1 saturated heterocycles. The van der Waals surface area contributed by atoms with Crippen molar-refractivity contribution in [2.45, 2.75) is 36.3 Å². The summed E-state index contributed by atoms with van der Waals surface area (Å²) in [4.78, 5) is 0. The number of rotatable bonds is 6. The fourth-order valence-corrected chi connectivity index (χ4v) is 6.51. The molecule has 1 aromatic carbocycles. The molecule has 3 atom stereocenters. The predicted molar refractivity (Wildman–Crippen MR) is 98.3 cm³/mol. The number of nitrogens with two attached hydrogens (primary N) is 1. The van der Waals surface area contributed by atoms with Gasteiger partial charge in [0.05, 0.1) is 11.6 Å². The summed E-state index contributed by atoms with van der Waals surface area (Å²) in [6, 6.07) is 6.56. The van der Waals surface area contributed by atoms with Crippen molar-refractivity contribution in [1.29, 1.82) is 0 Å². The van der Waals surface area contributed by atoms with Gasteiger partial charge in [0.2, 0.25) is 0 Å². The topological polar surface area (TPSA) is 47.3 Å². The van der Waals surface area contributed by atoms with Gasteiger partial charge in [-0.25, -0.2) is 0 Å². The molecule has 3 N–H and O–H groups in total. The van der Waals surface area contributed by atoms with Crippen LogP contribution in [0.3, 0.4) is 0 Å². The van der Waals surface area contributed by atoms with Crippen LogP contribution in [-0.4, -0.2) is 35.2 Å². The zero-order chi connectivity index (χ0) is 15.2. The lowest BCUT2D eigenvalue weighted by Crippen LogP contribution is -2.49. The second-order valence-corrected chi connectivity index (χ2v) is 8.59. The maximum atomic E-state index is 5.85. The number of methoxy groups -OCH3 is 1. The monoisotopic (exact) mass is 390 g/mol. The van der Waals surface area contributed by atoms with Gasteiger partial charge >= 0.3 is 0 Å². The zero-order valence-electron chi connectivity index (χ0n) is 12.5. The van der Waals surface area contributed by atoms with E-state index in [-0.39, 0.29) is 0 Å². The molecule has 21 heavy (non-hydrogen) atoms. The Balaban J connectivity index is 2.09. The average molecular weight is 391 g/mol. The van der Waals surface area contributed by atoms with Crippen LogP contribution in [-0.2, 0) is 6.42 Å². The molecule has 0 aromatic heterocycles. The van der Waals surface area contributed by atoms with Gasteiger partial charge in [-0.05, 0) is 46.5 Å². The molecule has 1 aromatic rings. The summed E-state index contributed by atoms with van der Waals surface area (Å²) in [6.45, 7) is 2.27. The molecule has 0 saturated carbocycles. The van der Waals surface area contributed by atoms with Gasteiger partial charge < -0.3 is 4.74 Å². The van der Waals surface area contributed by atoms with Crippen molar-refractivity contribution < 1.29 is 4.74 Å². The van der Waals surface area contributed by atoms with Crippen LogP contribution in [0.2, 0.25) is 0 Å². The number of hydrazine groups is 1. The minimum atomic E-state index is 0.299. The summed E-state index contributed by atoms with van der Waals surface area (Å²) in [5, 5.41) is 1.26. The van der Waals surface area contributed by atoms with Gasteiger partial charge in [0.15, 0.2) is 0 Å². The lowest BCUT2D eigenvalue weighted by Gasteiger charge is -2.35. The van der Waals surface area contributed by atoms with Gasteiger partial charge in [0.1, 0.15) is 5.75 Å². The lowest BCUT2D eigenvalue weighted by atomic mass is 10.0. The average Bonchev–Trinajstić information content (AvgIpc) is 2.52. The summed E-state index contributed by atoms with van der Waals surface area (Å²) < 4.78 is 6.28. The van der Waals surface area contributed by atoms with Gasteiger partial charge in [0.25, 0.3) is 0 Å².